The minimum absolute atomic E-state index is 0.00471. The molecule has 0 heterocycles. The van der Waals surface area contributed by atoms with E-state index in [0.717, 1.165) is 12.8 Å². The number of carboxylic acids is 1. The first-order valence-corrected chi connectivity index (χ1v) is 4.84. The van der Waals surface area contributed by atoms with Crippen LogP contribution >= 0.6 is 0 Å². The van der Waals surface area contributed by atoms with Crippen LogP contribution in [0.4, 0.5) is 0 Å². The summed E-state index contributed by atoms with van der Waals surface area (Å²) in [5, 5.41) is 11.1. The third-order valence-corrected chi connectivity index (χ3v) is 2.27. The number of nitrogens with two attached hydrogens (primary N) is 1. The Morgan fingerprint density at radius 2 is 2.14 bits per heavy atom. The lowest BCUT2D eigenvalue weighted by Gasteiger charge is -2.07. The lowest BCUT2D eigenvalue weighted by Crippen LogP contribution is -2.35. The Balaban J connectivity index is 2.01. The quantitative estimate of drug-likeness (QED) is 0.549. The minimum Gasteiger partial charge on any atom is -0.480 e. The zero-order valence-corrected chi connectivity index (χ0v) is 8.03. The maximum Gasteiger partial charge on any atom is 0.320 e. The average molecular weight is 200 g/mol. The Labute approximate surface area is 82.7 Å². The summed E-state index contributed by atoms with van der Waals surface area (Å²) in [5.41, 5.74) is 5.27. The molecule has 1 aliphatic carbocycles. The van der Waals surface area contributed by atoms with E-state index in [0.29, 0.717) is 18.9 Å². The van der Waals surface area contributed by atoms with Gasteiger partial charge in [-0.3, -0.25) is 9.59 Å². The number of amides is 1. The van der Waals surface area contributed by atoms with Gasteiger partial charge in [0.05, 0.1) is 0 Å². The summed E-state index contributed by atoms with van der Waals surface area (Å²) in [4.78, 5) is 21.5. The molecular formula is C9H16N2O3. The lowest BCUT2D eigenvalue weighted by atomic mass is 10.2. The van der Waals surface area contributed by atoms with E-state index < -0.39 is 12.0 Å². The standard InChI is InChI=1S/C9H16N2O3/c10-7(9(13)14)3-4-11-8(12)5-6-1-2-6/h6-7H,1-5,10H2,(H,11,12)(H,13,14). The van der Waals surface area contributed by atoms with Gasteiger partial charge in [0.15, 0.2) is 0 Å². The predicted molar refractivity (Wildman–Crippen MR) is 50.6 cm³/mol. The summed E-state index contributed by atoms with van der Waals surface area (Å²) < 4.78 is 0. The van der Waals surface area contributed by atoms with Crippen LogP contribution in [-0.4, -0.2) is 29.6 Å². The SMILES string of the molecule is NC(CCNC(=O)CC1CC1)C(=O)O. The van der Waals surface area contributed by atoms with E-state index in [2.05, 4.69) is 5.32 Å². The van der Waals surface area contributed by atoms with Crippen LogP contribution in [0, 0.1) is 5.92 Å². The third kappa shape index (κ3) is 4.23. The fourth-order valence-corrected chi connectivity index (χ4v) is 1.15. The maximum absolute atomic E-state index is 11.1. The highest BCUT2D eigenvalue weighted by Crippen LogP contribution is 2.31. The Kier molecular flexibility index (Phi) is 3.88. The van der Waals surface area contributed by atoms with Crippen LogP contribution in [0.25, 0.3) is 0 Å². The van der Waals surface area contributed by atoms with Gasteiger partial charge in [-0.15, -0.1) is 0 Å². The Morgan fingerprint density at radius 1 is 1.50 bits per heavy atom. The van der Waals surface area contributed by atoms with E-state index in [1.165, 1.54) is 0 Å². The van der Waals surface area contributed by atoms with Crippen molar-refractivity contribution in [1.29, 1.82) is 0 Å². The monoisotopic (exact) mass is 200 g/mol. The first-order valence-electron chi connectivity index (χ1n) is 4.84. The summed E-state index contributed by atoms with van der Waals surface area (Å²) in [7, 11) is 0. The van der Waals surface area contributed by atoms with Gasteiger partial charge in [0.1, 0.15) is 6.04 Å². The second kappa shape index (κ2) is 4.95. The van der Waals surface area contributed by atoms with E-state index in [-0.39, 0.29) is 12.3 Å². The summed E-state index contributed by atoms with van der Waals surface area (Å²) >= 11 is 0. The summed E-state index contributed by atoms with van der Waals surface area (Å²) in [6.07, 6.45) is 3.14. The smallest absolute Gasteiger partial charge is 0.320 e. The zero-order chi connectivity index (χ0) is 10.6. The largest absolute Gasteiger partial charge is 0.480 e. The molecule has 0 aromatic heterocycles. The molecule has 1 atom stereocenters. The van der Waals surface area contributed by atoms with Crippen molar-refractivity contribution in [3.63, 3.8) is 0 Å². The van der Waals surface area contributed by atoms with E-state index >= 15 is 0 Å². The molecule has 5 heteroatoms. The Bertz CT molecular complexity index is 226. The van der Waals surface area contributed by atoms with Crippen LogP contribution in [0.3, 0.4) is 0 Å². The molecule has 0 aromatic carbocycles. The molecule has 14 heavy (non-hydrogen) atoms. The predicted octanol–water partition coefficient (Wildman–Crippen LogP) is -0.295. The Morgan fingerprint density at radius 3 is 2.64 bits per heavy atom. The highest BCUT2D eigenvalue weighted by atomic mass is 16.4. The van der Waals surface area contributed by atoms with E-state index in [9.17, 15) is 9.59 Å². The Hall–Kier alpha value is -1.10. The molecule has 1 unspecified atom stereocenters. The summed E-state index contributed by atoms with van der Waals surface area (Å²) in [6.45, 7) is 0.346. The van der Waals surface area contributed by atoms with Gasteiger partial charge in [0, 0.05) is 13.0 Å². The number of hydrogen-bond donors (Lipinski definition) is 3. The molecule has 1 rings (SSSR count). The number of aliphatic carboxylic acids is 1. The lowest BCUT2D eigenvalue weighted by molar-refractivity contribution is -0.138. The van der Waals surface area contributed by atoms with Crippen molar-refractivity contribution < 1.29 is 14.7 Å². The molecule has 0 bridgehead atoms. The average Bonchev–Trinajstić information content (AvgIpc) is 2.87. The summed E-state index contributed by atoms with van der Waals surface area (Å²) in [5.74, 6) is -0.463. The van der Waals surface area contributed by atoms with Crippen molar-refractivity contribution in [1.82, 2.24) is 5.32 Å². The molecule has 0 aliphatic heterocycles. The highest BCUT2D eigenvalue weighted by molar-refractivity contribution is 5.76. The van der Waals surface area contributed by atoms with Crippen LogP contribution in [0.15, 0.2) is 0 Å². The topological polar surface area (TPSA) is 92.4 Å². The van der Waals surface area contributed by atoms with Crippen molar-refractivity contribution >= 4 is 11.9 Å². The van der Waals surface area contributed by atoms with Gasteiger partial charge in [-0.2, -0.15) is 0 Å². The normalized spacial score (nSPS) is 17.5. The number of carbonyl (C=O) groups excluding carboxylic acids is 1. The van der Waals surface area contributed by atoms with Gasteiger partial charge in [0.25, 0.3) is 0 Å². The minimum atomic E-state index is -1.03. The zero-order valence-electron chi connectivity index (χ0n) is 8.03. The van der Waals surface area contributed by atoms with Gasteiger partial charge in [-0.25, -0.2) is 0 Å². The molecular weight excluding hydrogens is 184 g/mol. The van der Waals surface area contributed by atoms with Gasteiger partial charge < -0.3 is 16.2 Å². The number of hydrogen-bond acceptors (Lipinski definition) is 3. The van der Waals surface area contributed by atoms with Gasteiger partial charge in [0.2, 0.25) is 5.91 Å². The maximum atomic E-state index is 11.1. The molecule has 1 amide bonds. The van der Waals surface area contributed by atoms with Gasteiger partial charge in [-0.05, 0) is 25.2 Å². The summed E-state index contributed by atoms with van der Waals surface area (Å²) in [6, 6.07) is -0.878. The molecule has 5 nitrogen and oxygen atoms in total. The van der Waals surface area contributed by atoms with E-state index in [1.54, 1.807) is 0 Å². The molecule has 1 saturated carbocycles. The van der Waals surface area contributed by atoms with E-state index in [4.69, 9.17) is 10.8 Å². The third-order valence-electron chi connectivity index (χ3n) is 2.27. The van der Waals surface area contributed by atoms with Crippen molar-refractivity contribution in [3.8, 4) is 0 Å². The number of nitrogens with one attached hydrogen (secondary N) is 1. The number of rotatable bonds is 6. The van der Waals surface area contributed by atoms with Crippen LogP contribution in [0.5, 0.6) is 0 Å². The first-order chi connectivity index (χ1) is 6.59. The van der Waals surface area contributed by atoms with Crippen LogP contribution < -0.4 is 11.1 Å². The van der Waals surface area contributed by atoms with Crippen molar-refractivity contribution in [2.75, 3.05) is 6.54 Å². The first kappa shape index (κ1) is 11.0. The van der Waals surface area contributed by atoms with Crippen molar-refractivity contribution in [2.45, 2.75) is 31.7 Å². The van der Waals surface area contributed by atoms with Crippen LogP contribution in [-0.2, 0) is 9.59 Å². The van der Waals surface area contributed by atoms with Crippen LogP contribution in [0.2, 0.25) is 0 Å². The van der Waals surface area contributed by atoms with Crippen molar-refractivity contribution in [3.05, 3.63) is 0 Å². The van der Waals surface area contributed by atoms with Crippen molar-refractivity contribution in [2.24, 2.45) is 11.7 Å². The molecule has 4 N–H and O–H groups in total. The molecule has 1 aliphatic rings. The molecule has 0 radical (unpaired) electrons. The second-order valence-electron chi connectivity index (χ2n) is 3.73. The number of carbonyl (C=O) groups is 2. The fourth-order valence-electron chi connectivity index (χ4n) is 1.15. The second-order valence-corrected chi connectivity index (χ2v) is 3.73. The number of carboxylic acid groups (broad SMARTS) is 1. The molecule has 0 saturated heterocycles. The molecule has 0 aromatic rings. The fraction of sp³-hybridized carbons (Fsp3) is 0.778. The van der Waals surface area contributed by atoms with Gasteiger partial charge in [-0.1, -0.05) is 0 Å². The molecule has 0 spiro atoms. The van der Waals surface area contributed by atoms with Gasteiger partial charge >= 0.3 is 5.97 Å². The molecule has 80 valence electrons. The molecule has 1 fully saturated rings. The highest BCUT2D eigenvalue weighted by Gasteiger charge is 2.24. The van der Waals surface area contributed by atoms with E-state index in [1.807, 2.05) is 0 Å². The van der Waals surface area contributed by atoms with Crippen LogP contribution in [0.1, 0.15) is 25.7 Å².